The molecule has 2 aromatic heterocycles. The number of halogens is 3. The highest BCUT2D eigenvalue weighted by Crippen LogP contribution is 2.29. The maximum atomic E-state index is 12.4. The number of alkyl halides is 3. The first kappa shape index (κ1) is 15.0. The van der Waals surface area contributed by atoms with Crippen molar-refractivity contribution in [2.75, 3.05) is 5.32 Å². The second-order valence-electron chi connectivity index (χ2n) is 4.69. The van der Waals surface area contributed by atoms with E-state index in [0.29, 0.717) is 12.1 Å². The molecule has 3 rings (SSSR count). The molecule has 0 aliphatic carbocycles. The van der Waals surface area contributed by atoms with Gasteiger partial charge in [-0.1, -0.05) is 35.5 Å². The van der Waals surface area contributed by atoms with Crippen molar-refractivity contribution in [1.29, 1.82) is 0 Å². The number of benzene rings is 1. The number of nitrogens with zero attached hydrogens (tertiary/aromatic N) is 3. The van der Waals surface area contributed by atoms with Crippen molar-refractivity contribution in [3.05, 3.63) is 60.1 Å². The van der Waals surface area contributed by atoms with Crippen LogP contribution < -0.4 is 5.32 Å². The van der Waals surface area contributed by atoms with Crippen molar-refractivity contribution >= 4 is 5.82 Å². The van der Waals surface area contributed by atoms with Crippen LogP contribution >= 0.6 is 0 Å². The molecule has 1 N–H and O–H groups in total. The molecule has 23 heavy (non-hydrogen) atoms. The lowest BCUT2D eigenvalue weighted by Crippen LogP contribution is -2.04. The molecule has 1 aromatic carbocycles. The highest BCUT2D eigenvalue weighted by atomic mass is 19.4. The third kappa shape index (κ3) is 3.65. The van der Waals surface area contributed by atoms with Crippen molar-refractivity contribution in [3.8, 4) is 11.4 Å². The normalized spacial score (nSPS) is 11.4. The Balaban J connectivity index is 1.68. The minimum absolute atomic E-state index is 0.0958. The van der Waals surface area contributed by atoms with Gasteiger partial charge in [0, 0.05) is 18.3 Å². The fourth-order valence-corrected chi connectivity index (χ4v) is 1.89. The first-order valence-corrected chi connectivity index (χ1v) is 6.67. The van der Waals surface area contributed by atoms with Gasteiger partial charge in [-0.05, 0) is 17.7 Å². The molecule has 0 unspecified atom stereocenters. The Morgan fingerprint density at radius 1 is 1.04 bits per heavy atom. The third-order valence-electron chi connectivity index (χ3n) is 3.02. The molecule has 0 fully saturated rings. The van der Waals surface area contributed by atoms with Crippen molar-refractivity contribution in [2.24, 2.45) is 0 Å². The Kier molecular flexibility index (Phi) is 3.96. The molecular weight excluding hydrogens is 309 g/mol. The van der Waals surface area contributed by atoms with Gasteiger partial charge in [0.15, 0.2) is 0 Å². The van der Waals surface area contributed by atoms with Crippen LogP contribution in [0.2, 0.25) is 0 Å². The molecule has 0 saturated heterocycles. The zero-order valence-electron chi connectivity index (χ0n) is 11.7. The van der Waals surface area contributed by atoms with Crippen LogP contribution in [0.4, 0.5) is 19.0 Å². The van der Waals surface area contributed by atoms with E-state index < -0.39 is 12.1 Å². The minimum atomic E-state index is -4.64. The number of aromatic nitrogens is 3. The van der Waals surface area contributed by atoms with Crippen molar-refractivity contribution in [3.63, 3.8) is 0 Å². The van der Waals surface area contributed by atoms with Gasteiger partial charge in [-0.2, -0.15) is 18.2 Å². The van der Waals surface area contributed by atoms with Crippen LogP contribution in [0.3, 0.4) is 0 Å². The zero-order valence-corrected chi connectivity index (χ0v) is 11.7. The SMILES string of the molecule is FC(F)(F)c1nc(-c2ccc(CNc3ccccn3)cc2)no1. The topological polar surface area (TPSA) is 63.8 Å². The van der Waals surface area contributed by atoms with Crippen LogP contribution in [-0.4, -0.2) is 15.1 Å². The molecule has 0 bridgehead atoms. The van der Waals surface area contributed by atoms with Gasteiger partial charge >= 0.3 is 12.1 Å². The smallest absolute Gasteiger partial charge is 0.366 e. The van der Waals surface area contributed by atoms with Crippen molar-refractivity contribution in [2.45, 2.75) is 12.7 Å². The van der Waals surface area contributed by atoms with E-state index in [9.17, 15) is 13.2 Å². The molecular formula is C15H11F3N4O. The second kappa shape index (κ2) is 6.07. The van der Waals surface area contributed by atoms with E-state index in [4.69, 9.17) is 0 Å². The van der Waals surface area contributed by atoms with E-state index in [1.165, 1.54) is 0 Å². The summed E-state index contributed by atoms with van der Waals surface area (Å²) in [6.07, 6.45) is -2.96. The zero-order chi connectivity index (χ0) is 16.3. The van der Waals surface area contributed by atoms with Crippen LogP contribution in [0.15, 0.2) is 53.2 Å². The Bertz CT molecular complexity index is 769. The quantitative estimate of drug-likeness (QED) is 0.793. The van der Waals surface area contributed by atoms with Crippen molar-refractivity contribution < 1.29 is 17.7 Å². The van der Waals surface area contributed by atoms with E-state index >= 15 is 0 Å². The molecule has 2 heterocycles. The summed E-state index contributed by atoms with van der Waals surface area (Å²) >= 11 is 0. The predicted molar refractivity (Wildman–Crippen MR) is 76.3 cm³/mol. The summed E-state index contributed by atoms with van der Waals surface area (Å²) < 4.78 is 41.5. The van der Waals surface area contributed by atoms with E-state index in [2.05, 4.69) is 25.0 Å². The van der Waals surface area contributed by atoms with Crippen LogP contribution in [0, 0.1) is 0 Å². The third-order valence-corrected chi connectivity index (χ3v) is 3.02. The molecule has 0 atom stereocenters. The minimum Gasteiger partial charge on any atom is -0.366 e. The lowest BCUT2D eigenvalue weighted by atomic mass is 10.1. The fraction of sp³-hybridized carbons (Fsp3) is 0.133. The molecule has 3 aromatic rings. The number of pyridine rings is 1. The van der Waals surface area contributed by atoms with Gasteiger partial charge in [0.25, 0.3) is 0 Å². The van der Waals surface area contributed by atoms with Crippen LogP contribution in [0.1, 0.15) is 11.5 Å². The number of hydrogen-bond donors (Lipinski definition) is 1. The summed E-state index contributed by atoms with van der Waals surface area (Å²) in [7, 11) is 0. The average Bonchev–Trinajstić information content (AvgIpc) is 3.05. The summed E-state index contributed by atoms with van der Waals surface area (Å²) in [6.45, 7) is 0.539. The van der Waals surface area contributed by atoms with Crippen LogP contribution in [-0.2, 0) is 12.7 Å². The Hall–Kier alpha value is -2.90. The first-order chi connectivity index (χ1) is 11.0. The van der Waals surface area contributed by atoms with E-state index in [1.54, 1.807) is 30.5 Å². The second-order valence-corrected chi connectivity index (χ2v) is 4.69. The predicted octanol–water partition coefficient (Wildman–Crippen LogP) is 3.76. The van der Waals surface area contributed by atoms with E-state index in [1.807, 2.05) is 18.2 Å². The molecule has 0 amide bonds. The van der Waals surface area contributed by atoms with Gasteiger partial charge in [0.1, 0.15) is 5.82 Å². The number of nitrogens with one attached hydrogen (secondary N) is 1. The summed E-state index contributed by atoms with van der Waals surface area (Å²) in [5, 5.41) is 6.48. The Morgan fingerprint density at radius 3 is 2.43 bits per heavy atom. The van der Waals surface area contributed by atoms with Crippen LogP contribution in [0.5, 0.6) is 0 Å². The Labute approximate surface area is 129 Å². The lowest BCUT2D eigenvalue weighted by Gasteiger charge is -2.05. The van der Waals surface area contributed by atoms with Gasteiger partial charge in [0.05, 0.1) is 0 Å². The maximum Gasteiger partial charge on any atom is 0.471 e. The highest BCUT2D eigenvalue weighted by molar-refractivity contribution is 5.54. The number of rotatable bonds is 4. The number of anilines is 1. The van der Waals surface area contributed by atoms with Crippen LogP contribution in [0.25, 0.3) is 11.4 Å². The van der Waals surface area contributed by atoms with E-state index in [-0.39, 0.29) is 5.82 Å². The molecule has 0 aliphatic heterocycles. The Morgan fingerprint density at radius 2 is 1.83 bits per heavy atom. The monoisotopic (exact) mass is 320 g/mol. The van der Waals surface area contributed by atoms with E-state index in [0.717, 1.165) is 11.4 Å². The van der Waals surface area contributed by atoms with Gasteiger partial charge in [-0.25, -0.2) is 4.98 Å². The number of hydrogen-bond acceptors (Lipinski definition) is 5. The average molecular weight is 320 g/mol. The van der Waals surface area contributed by atoms with Gasteiger partial charge in [-0.3, -0.25) is 0 Å². The summed E-state index contributed by atoms with van der Waals surface area (Å²) in [5.74, 6) is -0.709. The van der Waals surface area contributed by atoms with Gasteiger partial charge < -0.3 is 9.84 Å². The molecule has 0 spiro atoms. The molecule has 0 aliphatic rings. The van der Waals surface area contributed by atoms with Gasteiger partial charge in [0.2, 0.25) is 5.82 Å². The summed E-state index contributed by atoms with van der Waals surface area (Å²) in [5.41, 5.74) is 1.39. The van der Waals surface area contributed by atoms with Gasteiger partial charge in [-0.15, -0.1) is 0 Å². The molecule has 8 heteroatoms. The molecule has 0 radical (unpaired) electrons. The molecule has 0 saturated carbocycles. The summed E-state index contributed by atoms with van der Waals surface area (Å²) in [6, 6.07) is 12.4. The fourth-order valence-electron chi connectivity index (χ4n) is 1.89. The van der Waals surface area contributed by atoms with Crippen molar-refractivity contribution in [1.82, 2.24) is 15.1 Å². The first-order valence-electron chi connectivity index (χ1n) is 6.67. The molecule has 5 nitrogen and oxygen atoms in total. The highest BCUT2D eigenvalue weighted by Gasteiger charge is 2.38. The summed E-state index contributed by atoms with van der Waals surface area (Å²) in [4.78, 5) is 7.48. The lowest BCUT2D eigenvalue weighted by molar-refractivity contribution is -0.159. The largest absolute Gasteiger partial charge is 0.471 e. The molecule has 118 valence electrons. The standard InChI is InChI=1S/C15H11F3N4O/c16-15(17,18)14-21-13(22-23-14)11-6-4-10(5-7-11)9-20-12-3-1-2-8-19-12/h1-8H,9H2,(H,19,20). The maximum absolute atomic E-state index is 12.4.